The minimum Gasteiger partial charge on any atom is -0.338 e. The average molecular weight is 266 g/mol. The third kappa shape index (κ3) is 3.35. The standard InChI is InChI=1S/C12H18N4OS/c1-9(12-14-10(2)15-17-12)18-8-4-6-16-7-5-13-11(16)3/h5,7,9H,4,6,8H2,1-3H3/t9-/m1/s1. The van der Waals surface area contributed by atoms with Crippen LogP contribution < -0.4 is 0 Å². The van der Waals surface area contributed by atoms with E-state index in [4.69, 9.17) is 4.52 Å². The Kier molecular flexibility index (Phi) is 4.41. The number of nitrogens with zero attached hydrogens (tertiary/aromatic N) is 4. The van der Waals surface area contributed by atoms with Gasteiger partial charge in [-0.1, -0.05) is 5.16 Å². The molecule has 2 aromatic rings. The van der Waals surface area contributed by atoms with Gasteiger partial charge in [-0.05, 0) is 32.9 Å². The van der Waals surface area contributed by atoms with Crippen LogP contribution >= 0.6 is 11.8 Å². The first-order valence-electron chi connectivity index (χ1n) is 6.06. The Morgan fingerprint density at radius 2 is 2.28 bits per heavy atom. The van der Waals surface area contributed by atoms with Gasteiger partial charge in [-0.15, -0.1) is 11.8 Å². The van der Waals surface area contributed by atoms with Crippen molar-refractivity contribution < 1.29 is 4.52 Å². The molecule has 0 aliphatic carbocycles. The van der Waals surface area contributed by atoms with Crippen LogP contribution in [0.2, 0.25) is 0 Å². The molecule has 0 aliphatic rings. The summed E-state index contributed by atoms with van der Waals surface area (Å²) < 4.78 is 7.32. The number of hydrogen-bond donors (Lipinski definition) is 0. The van der Waals surface area contributed by atoms with E-state index in [1.807, 2.05) is 38.0 Å². The van der Waals surface area contributed by atoms with E-state index in [1.54, 1.807) is 0 Å². The Balaban J connectivity index is 1.71. The molecule has 0 saturated carbocycles. The van der Waals surface area contributed by atoms with E-state index in [-0.39, 0.29) is 5.25 Å². The van der Waals surface area contributed by atoms with Crippen molar-refractivity contribution in [2.45, 2.75) is 39.0 Å². The van der Waals surface area contributed by atoms with E-state index >= 15 is 0 Å². The predicted molar refractivity (Wildman–Crippen MR) is 71.5 cm³/mol. The minimum absolute atomic E-state index is 0.259. The molecule has 98 valence electrons. The number of aryl methyl sites for hydroxylation is 3. The smallest absolute Gasteiger partial charge is 0.239 e. The molecule has 0 N–H and O–H groups in total. The van der Waals surface area contributed by atoms with Gasteiger partial charge in [-0.25, -0.2) is 4.98 Å². The van der Waals surface area contributed by atoms with Crippen molar-refractivity contribution in [2.75, 3.05) is 5.75 Å². The summed E-state index contributed by atoms with van der Waals surface area (Å²) in [5, 5.41) is 4.07. The van der Waals surface area contributed by atoms with E-state index in [0.717, 1.165) is 30.4 Å². The molecule has 0 fully saturated rings. The molecule has 0 unspecified atom stereocenters. The number of thioether (sulfide) groups is 1. The van der Waals surface area contributed by atoms with Gasteiger partial charge in [0.15, 0.2) is 5.82 Å². The maximum Gasteiger partial charge on any atom is 0.239 e. The van der Waals surface area contributed by atoms with E-state index in [1.165, 1.54) is 0 Å². The van der Waals surface area contributed by atoms with Gasteiger partial charge < -0.3 is 9.09 Å². The summed E-state index contributed by atoms with van der Waals surface area (Å²) >= 11 is 1.84. The number of hydrogen-bond acceptors (Lipinski definition) is 5. The van der Waals surface area contributed by atoms with E-state index in [2.05, 4.69) is 26.6 Å². The van der Waals surface area contributed by atoms with Crippen LogP contribution in [0.5, 0.6) is 0 Å². The van der Waals surface area contributed by atoms with Crippen LogP contribution in [-0.4, -0.2) is 25.4 Å². The second-order valence-corrected chi connectivity index (χ2v) is 5.66. The van der Waals surface area contributed by atoms with Crippen molar-refractivity contribution in [3.05, 3.63) is 29.9 Å². The summed E-state index contributed by atoms with van der Waals surface area (Å²) in [5.41, 5.74) is 0. The Morgan fingerprint density at radius 1 is 1.44 bits per heavy atom. The zero-order chi connectivity index (χ0) is 13.0. The summed E-state index contributed by atoms with van der Waals surface area (Å²) in [5.74, 6) is 3.56. The molecule has 0 aliphatic heterocycles. The van der Waals surface area contributed by atoms with Gasteiger partial charge in [0.25, 0.3) is 0 Å². The van der Waals surface area contributed by atoms with Crippen LogP contribution in [0.3, 0.4) is 0 Å². The molecule has 2 heterocycles. The fourth-order valence-corrected chi connectivity index (χ4v) is 2.57. The third-order valence-corrected chi connectivity index (χ3v) is 3.95. The van der Waals surface area contributed by atoms with Crippen molar-refractivity contribution in [1.82, 2.24) is 19.7 Å². The highest BCUT2D eigenvalue weighted by atomic mass is 32.2. The lowest BCUT2D eigenvalue weighted by Crippen LogP contribution is -2.01. The highest BCUT2D eigenvalue weighted by Gasteiger charge is 2.12. The lowest BCUT2D eigenvalue weighted by atomic mass is 10.4. The number of imidazole rings is 1. The van der Waals surface area contributed by atoms with Crippen molar-refractivity contribution in [2.24, 2.45) is 0 Å². The molecule has 2 aromatic heterocycles. The highest BCUT2D eigenvalue weighted by molar-refractivity contribution is 7.99. The predicted octanol–water partition coefficient (Wildman–Crippen LogP) is 2.77. The molecule has 0 radical (unpaired) electrons. The first-order valence-corrected chi connectivity index (χ1v) is 7.11. The third-order valence-electron chi connectivity index (χ3n) is 2.73. The maximum absolute atomic E-state index is 5.15. The average Bonchev–Trinajstić information content (AvgIpc) is 2.94. The fourth-order valence-electron chi connectivity index (χ4n) is 1.68. The topological polar surface area (TPSA) is 56.7 Å². The molecule has 18 heavy (non-hydrogen) atoms. The summed E-state index contributed by atoms with van der Waals surface area (Å²) in [6.07, 6.45) is 4.97. The van der Waals surface area contributed by atoms with Gasteiger partial charge in [0.2, 0.25) is 5.89 Å². The van der Waals surface area contributed by atoms with Crippen LogP contribution in [-0.2, 0) is 6.54 Å². The zero-order valence-electron chi connectivity index (χ0n) is 11.0. The Labute approximate surface area is 111 Å². The normalized spacial score (nSPS) is 12.8. The SMILES string of the molecule is Cc1noc([C@@H](C)SCCCn2ccnc2C)n1. The fraction of sp³-hybridized carbons (Fsp3) is 0.583. The maximum atomic E-state index is 5.15. The quantitative estimate of drug-likeness (QED) is 0.752. The van der Waals surface area contributed by atoms with Gasteiger partial charge in [0.1, 0.15) is 5.82 Å². The molecular formula is C12H18N4OS. The first-order chi connectivity index (χ1) is 8.66. The Bertz CT molecular complexity index is 494. The Hall–Kier alpha value is -1.30. The van der Waals surface area contributed by atoms with E-state index in [9.17, 15) is 0 Å². The highest BCUT2D eigenvalue weighted by Crippen LogP contribution is 2.27. The van der Waals surface area contributed by atoms with E-state index in [0.29, 0.717) is 5.82 Å². The lowest BCUT2D eigenvalue weighted by molar-refractivity contribution is 0.376. The lowest BCUT2D eigenvalue weighted by Gasteiger charge is -2.07. The second kappa shape index (κ2) is 6.04. The molecule has 5 nitrogen and oxygen atoms in total. The molecule has 2 rings (SSSR count). The van der Waals surface area contributed by atoms with Gasteiger partial charge in [-0.2, -0.15) is 4.98 Å². The molecule has 0 aromatic carbocycles. The van der Waals surface area contributed by atoms with Crippen LogP contribution in [0.1, 0.15) is 36.1 Å². The van der Waals surface area contributed by atoms with Crippen LogP contribution in [0, 0.1) is 13.8 Å². The molecule has 1 atom stereocenters. The minimum atomic E-state index is 0.259. The van der Waals surface area contributed by atoms with Gasteiger partial charge in [0, 0.05) is 18.9 Å². The molecule has 0 saturated heterocycles. The van der Waals surface area contributed by atoms with Gasteiger partial charge >= 0.3 is 0 Å². The van der Waals surface area contributed by atoms with Gasteiger partial charge in [-0.3, -0.25) is 0 Å². The molecular weight excluding hydrogens is 248 g/mol. The van der Waals surface area contributed by atoms with Crippen molar-refractivity contribution >= 4 is 11.8 Å². The zero-order valence-corrected chi connectivity index (χ0v) is 11.8. The summed E-state index contributed by atoms with van der Waals surface area (Å²) in [6.45, 7) is 6.97. The molecule has 6 heteroatoms. The number of rotatable bonds is 6. The largest absolute Gasteiger partial charge is 0.338 e. The molecule has 0 amide bonds. The van der Waals surface area contributed by atoms with Crippen LogP contribution in [0.25, 0.3) is 0 Å². The summed E-state index contributed by atoms with van der Waals surface area (Å²) in [6, 6.07) is 0. The molecule has 0 bridgehead atoms. The van der Waals surface area contributed by atoms with Crippen molar-refractivity contribution in [3.8, 4) is 0 Å². The first kappa shape index (κ1) is 13.1. The van der Waals surface area contributed by atoms with E-state index < -0.39 is 0 Å². The van der Waals surface area contributed by atoms with Crippen LogP contribution in [0.4, 0.5) is 0 Å². The summed E-state index contributed by atoms with van der Waals surface area (Å²) in [4.78, 5) is 8.44. The van der Waals surface area contributed by atoms with Crippen molar-refractivity contribution in [1.29, 1.82) is 0 Å². The molecule has 0 spiro atoms. The monoisotopic (exact) mass is 266 g/mol. The second-order valence-electron chi connectivity index (χ2n) is 4.21. The summed E-state index contributed by atoms with van der Waals surface area (Å²) in [7, 11) is 0. The Morgan fingerprint density at radius 3 is 2.89 bits per heavy atom. The van der Waals surface area contributed by atoms with Crippen LogP contribution in [0.15, 0.2) is 16.9 Å². The van der Waals surface area contributed by atoms with Crippen molar-refractivity contribution in [3.63, 3.8) is 0 Å². The van der Waals surface area contributed by atoms with Gasteiger partial charge in [0.05, 0.1) is 5.25 Å². The number of aromatic nitrogens is 4.